The van der Waals surface area contributed by atoms with E-state index in [1.807, 2.05) is 30.8 Å². The van der Waals surface area contributed by atoms with Crippen molar-refractivity contribution in [3.63, 3.8) is 0 Å². The van der Waals surface area contributed by atoms with Crippen molar-refractivity contribution < 1.29 is 8.83 Å². The number of furan rings is 1. The third kappa shape index (κ3) is 2.97. The topological polar surface area (TPSA) is 73.1 Å². The minimum absolute atomic E-state index is 0.332. The molecule has 8 heteroatoms. The van der Waals surface area contributed by atoms with Crippen molar-refractivity contribution >= 4 is 11.6 Å². The Morgan fingerprint density at radius 1 is 1.29 bits per heavy atom. The molecule has 0 radical (unpaired) electrons. The molecule has 1 saturated heterocycles. The maximum atomic E-state index is 5.94. The predicted octanol–water partition coefficient (Wildman–Crippen LogP) is 3.24. The summed E-state index contributed by atoms with van der Waals surface area (Å²) < 4.78 is 13.3. The van der Waals surface area contributed by atoms with E-state index in [4.69, 9.17) is 20.4 Å². The van der Waals surface area contributed by atoms with Gasteiger partial charge in [0.05, 0.1) is 29.4 Å². The first kappa shape index (κ1) is 15.4. The Kier molecular flexibility index (Phi) is 3.90. The third-order valence-corrected chi connectivity index (χ3v) is 4.48. The number of nitrogens with zero attached hydrogens (tertiary/aromatic N) is 5. The lowest BCUT2D eigenvalue weighted by atomic mass is 10.2. The summed E-state index contributed by atoms with van der Waals surface area (Å²) >= 11 is 5.94. The van der Waals surface area contributed by atoms with Crippen molar-refractivity contribution in [1.29, 1.82) is 0 Å². The summed E-state index contributed by atoms with van der Waals surface area (Å²) in [6, 6.07) is 2.25. The average molecular weight is 348 g/mol. The second-order valence-corrected chi connectivity index (χ2v) is 6.58. The van der Waals surface area contributed by atoms with Crippen molar-refractivity contribution in [3.8, 4) is 11.5 Å². The van der Waals surface area contributed by atoms with Crippen molar-refractivity contribution in [2.45, 2.75) is 32.9 Å². The minimum Gasteiger partial charge on any atom is -0.466 e. The lowest BCUT2D eigenvalue weighted by Crippen LogP contribution is -2.21. The van der Waals surface area contributed by atoms with E-state index in [-0.39, 0.29) is 0 Å². The Morgan fingerprint density at radius 3 is 2.88 bits per heavy atom. The van der Waals surface area contributed by atoms with Gasteiger partial charge in [-0.2, -0.15) is 5.10 Å². The highest BCUT2D eigenvalue weighted by Crippen LogP contribution is 2.27. The third-order valence-electron chi connectivity index (χ3n) is 4.29. The fraction of sp³-hybridized carbons (Fsp3) is 0.438. The molecule has 1 aliphatic heterocycles. The Morgan fingerprint density at radius 2 is 2.17 bits per heavy atom. The molecule has 7 nitrogen and oxygen atoms in total. The lowest BCUT2D eigenvalue weighted by Gasteiger charge is -2.13. The molecule has 3 aromatic rings. The van der Waals surface area contributed by atoms with E-state index in [1.165, 1.54) is 0 Å². The van der Waals surface area contributed by atoms with Gasteiger partial charge < -0.3 is 8.83 Å². The molecule has 0 aliphatic carbocycles. The second kappa shape index (κ2) is 6.07. The maximum Gasteiger partial charge on any atom is 0.251 e. The molecule has 1 aliphatic rings. The van der Waals surface area contributed by atoms with Gasteiger partial charge >= 0.3 is 0 Å². The molecule has 24 heavy (non-hydrogen) atoms. The van der Waals surface area contributed by atoms with E-state index >= 15 is 0 Å². The highest BCUT2D eigenvalue weighted by atomic mass is 35.5. The van der Waals surface area contributed by atoms with Crippen LogP contribution in [-0.2, 0) is 6.54 Å². The Bertz CT molecular complexity index is 852. The van der Waals surface area contributed by atoms with Gasteiger partial charge in [0.15, 0.2) is 0 Å². The predicted molar refractivity (Wildman–Crippen MR) is 87.6 cm³/mol. The van der Waals surface area contributed by atoms with Gasteiger partial charge in [0.1, 0.15) is 11.5 Å². The smallest absolute Gasteiger partial charge is 0.251 e. The molecule has 0 saturated carbocycles. The van der Waals surface area contributed by atoms with E-state index in [1.54, 1.807) is 6.20 Å². The summed E-state index contributed by atoms with van der Waals surface area (Å²) in [7, 11) is 0. The van der Waals surface area contributed by atoms with E-state index in [0.29, 0.717) is 29.4 Å². The monoisotopic (exact) mass is 347 g/mol. The molecule has 0 spiro atoms. The van der Waals surface area contributed by atoms with E-state index in [2.05, 4.69) is 20.2 Å². The van der Waals surface area contributed by atoms with Gasteiger partial charge in [-0.1, -0.05) is 11.6 Å². The van der Waals surface area contributed by atoms with Gasteiger partial charge in [-0.15, -0.1) is 10.2 Å². The van der Waals surface area contributed by atoms with Crippen LogP contribution in [0.25, 0.3) is 11.5 Å². The van der Waals surface area contributed by atoms with Crippen molar-refractivity contribution in [2.75, 3.05) is 13.1 Å². The van der Waals surface area contributed by atoms with Crippen molar-refractivity contribution in [2.24, 2.45) is 0 Å². The molecular weight excluding hydrogens is 330 g/mol. The zero-order valence-electron chi connectivity index (χ0n) is 13.6. The van der Waals surface area contributed by atoms with Crippen LogP contribution >= 0.6 is 11.6 Å². The fourth-order valence-corrected chi connectivity index (χ4v) is 3.29. The molecule has 126 valence electrons. The Hall–Kier alpha value is -2.12. The van der Waals surface area contributed by atoms with Gasteiger partial charge in [0, 0.05) is 19.3 Å². The first-order valence-electron chi connectivity index (χ1n) is 7.90. The minimum atomic E-state index is 0.332. The number of halogens is 1. The van der Waals surface area contributed by atoms with Crippen LogP contribution in [0, 0.1) is 13.8 Å². The molecule has 0 bridgehead atoms. The zero-order valence-corrected chi connectivity index (χ0v) is 14.3. The van der Waals surface area contributed by atoms with Crippen molar-refractivity contribution in [3.05, 3.63) is 40.9 Å². The van der Waals surface area contributed by atoms with Crippen LogP contribution in [0.1, 0.15) is 29.9 Å². The molecule has 3 aromatic heterocycles. The number of aryl methyl sites for hydroxylation is 2. The molecule has 0 amide bonds. The van der Waals surface area contributed by atoms with Gasteiger partial charge in [-0.3, -0.25) is 9.58 Å². The molecular formula is C16H18ClN5O2. The first-order chi connectivity index (χ1) is 11.6. The standard InChI is InChI=1S/C16H18ClN5O2/c1-10-5-14(11(2)23-10)16-20-19-15(24-16)9-21-4-3-13(8-21)22-7-12(17)6-18-22/h5-7,13H,3-4,8-9H2,1-2H3. The summed E-state index contributed by atoms with van der Waals surface area (Å²) in [6.45, 7) is 6.28. The number of rotatable bonds is 4. The molecule has 0 aromatic carbocycles. The van der Waals surface area contributed by atoms with Crippen molar-refractivity contribution in [1.82, 2.24) is 24.9 Å². The number of likely N-dealkylation sites (tertiary alicyclic amines) is 1. The molecule has 0 N–H and O–H groups in total. The highest BCUT2D eigenvalue weighted by Gasteiger charge is 2.26. The first-order valence-corrected chi connectivity index (χ1v) is 8.28. The Labute approximate surface area is 144 Å². The summed E-state index contributed by atoms with van der Waals surface area (Å²) in [5.74, 6) is 2.75. The van der Waals surface area contributed by atoms with Gasteiger partial charge in [-0.05, 0) is 26.3 Å². The number of hydrogen-bond donors (Lipinski definition) is 0. The average Bonchev–Trinajstić information content (AvgIpc) is 3.28. The molecule has 1 unspecified atom stereocenters. The van der Waals surface area contributed by atoms with Gasteiger partial charge in [-0.25, -0.2) is 0 Å². The molecule has 1 atom stereocenters. The van der Waals surface area contributed by atoms with Crippen LogP contribution in [0.4, 0.5) is 0 Å². The second-order valence-electron chi connectivity index (χ2n) is 6.14. The summed E-state index contributed by atoms with van der Waals surface area (Å²) in [5, 5.41) is 13.3. The zero-order chi connectivity index (χ0) is 16.7. The van der Waals surface area contributed by atoms with Crippen LogP contribution in [0.2, 0.25) is 5.02 Å². The van der Waals surface area contributed by atoms with E-state index in [9.17, 15) is 0 Å². The number of hydrogen-bond acceptors (Lipinski definition) is 6. The summed E-state index contributed by atoms with van der Waals surface area (Å²) in [5.41, 5.74) is 0.858. The summed E-state index contributed by atoms with van der Waals surface area (Å²) in [6.07, 6.45) is 4.56. The molecule has 4 heterocycles. The van der Waals surface area contributed by atoms with E-state index < -0.39 is 0 Å². The largest absolute Gasteiger partial charge is 0.466 e. The van der Waals surface area contributed by atoms with Gasteiger partial charge in [0.2, 0.25) is 5.89 Å². The summed E-state index contributed by atoms with van der Waals surface area (Å²) in [4.78, 5) is 2.28. The van der Waals surface area contributed by atoms with Crippen LogP contribution in [0.15, 0.2) is 27.3 Å². The van der Waals surface area contributed by atoms with Gasteiger partial charge in [0.25, 0.3) is 5.89 Å². The molecule has 1 fully saturated rings. The van der Waals surface area contributed by atoms with Crippen LogP contribution in [0.3, 0.4) is 0 Å². The van der Waals surface area contributed by atoms with Crippen LogP contribution in [0.5, 0.6) is 0 Å². The number of aromatic nitrogens is 4. The fourth-order valence-electron chi connectivity index (χ4n) is 3.15. The quantitative estimate of drug-likeness (QED) is 0.721. The Balaban J connectivity index is 1.42. The van der Waals surface area contributed by atoms with Crippen LogP contribution in [-0.4, -0.2) is 38.0 Å². The molecule has 4 rings (SSSR count). The normalized spacial score (nSPS) is 18.5. The van der Waals surface area contributed by atoms with E-state index in [0.717, 1.165) is 36.6 Å². The van der Waals surface area contributed by atoms with Crippen LogP contribution < -0.4 is 0 Å². The highest BCUT2D eigenvalue weighted by molar-refractivity contribution is 6.30. The maximum absolute atomic E-state index is 5.94. The SMILES string of the molecule is Cc1cc(-c2nnc(CN3CCC(n4cc(Cl)cn4)C3)o2)c(C)o1. The lowest BCUT2D eigenvalue weighted by molar-refractivity contribution is 0.279.